The molecular formula is C8H8BrClF3N. The van der Waals surface area contributed by atoms with Crippen LogP contribution in [0.4, 0.5) is 13.2 Å². The molecule has 2 N–H and O–H groups in total. The molecule has 1 aromatic carbocycles. The number of alkyl halides is 3. The van der Waals surface area contributed by atoms with Crippen molar-refractivity contribution in [3.05, 3.63) is 34.3 Å². The summed E-state index contributed by atoms with van der Waals surface area (Å²) in [5.74, 6) is 0. The van der Waals surface area contributed by atoms with Crippen LogP contribution in [0.1, 0.15) is 11.6 Å². The van der Waals surface area contributed by atoms with Crippen molar-refractivity contribution < 1.29 is 13.2 Å². The largest absolute Gasteiger partial charge is 0.407 e. The summed E-state index contributed by atoms with van der Waals surface area (Å²) in [6, 6.07) is 3.85. The Bertz CT molecular complexity index is 286. The second-order valence-corrected chi connectivity index (χ2v) is 3.49. The predicted molar refractivity (Wildman–Crippen MR) is 54.4 cm³/mol. The van der Waals surface area contributed by atoms with Gasteiger partial charge in [0.15, 0.2) is 0 Å². The molecule has 6 heteroatoms. The molecule has 0 aliphatic rings. The molecule has 1 rings (SSSR count). The van der Waals surface area contributed by atoms with Crippen LogP contribution in [0.3, 0.4) is 0 Å². The number of rotatable bonds is 1. The smallest absolute Gasteiger partial charge is 0.316 e. The molecular weight excluding hydrogens is 282 g/mol. The summed E-state index contributed by atoms with van der Waals surface area (Å²) in [7, 11) is 0. The van der Waals surface area contributed by atoms with Crippen LogP contribution in [0, 0.1) is 0 Å². The zero-order valence-corrected chi connectivity index (χ0v) is 9.29. The highest BCUT2D eigenvalue weighted by atomic mass is 79.9. The number of halogens is 5. The Morgan fingerprint density at radius 2 is 1.57 bits per heavy atom. The highest BCUT2D eigenvalue weighted by Gasteiger charge is 2.37. The fraction of sp³-hybridized carbons (Fsp3) is 0.250. The Labute approximate surface area is 94.0 Å². The van der Waals surface area contributed by atoms with Gasteiger partial charge in [-0.3, -0.25) is 0 Å². The molecule has 14 heavy (non-hydrogen) atoms. The lowest BCUT2D eigenvalue weighted by Crippen LogP contribution is -2.28. The lowest BCUT2D eigenvalue weighted by molar-refractivity contribution is -0.149. The summed E-state index contributed by atoms with van der Waals surface area (Å²) >= 11 is 3.12. The quantitative estimate of drug-likeness (QED) is 0.842. The van der Waals surface area contributed by atoms with E-state index < -0.39 is 12.2 Å². The van der Waals surface area contributed by atoms with Crippen LogP contribution in [0.25, 0.3) is 0 Å². The minimum absolute atomic E-state index is 0. The molecule has 1 nitrogen and oxygen atoms in total. The number of hydrogen-bond donors (Lipinski definition) is 1. The molecule has 1 atom stereocenters. The van der Waals surface area contributed by atoms with Gasteiger partial charge in [-0.05, 0) is 17.7 Å². The van der Waals surface area contributed by atoms with Crippen LogP contribution >= 0.6 is 28.3 Å². The van der Waals surface area contributed by atoms with Gasteiger partial charge in [-0.1, -0.05) is 28.1 Å². The molecule has 0 radical (unpaired) electrons. The van der Waals surface area contributed by atoms with Gasteiger partial charge in [-0.2, -0.15) is 13.2 Å². The van der Waals surface area contributed by atoms with Crippen molar-refractivity contribution in [2.75, 3.05) is 0 Å². The van der Waals surface area contributed by atoms with Crippen LogP contribution in [0.2, 0.25) is 0 Å². The average molecular weight is 291 g/mol. The molecule has 0 spiro atoms. The lowest BCUT2D eigenvalue weighted by Gasteiger charge is -2.15. The van der Waals surface area contributed by atoms with Crippen molar-refractivity contribution in [2.24, 2.45) is 5.73 Å². The highest BCUT2D eigenvalue weighted by molar-refractivity contribution is 9.10. The summed E-state index contributed by atoms with van der Waals surface area (Å²) in [5.41, 5.74) is 5.05. The Hall–Kier alpha value is -0.260. The fourth-order valence-corrected chi connectivity index (χ4v) is 1.12. The van der Waals surface area contributed by atoms with Crippen molar-refractivity contribution in [3.63, 3.8) is 0 Å². The van der Waals surface area contributed by atoms with Gasteiger partial charge in [0.05, 0.1) is 0 Å². The SMILES string of the molecule is Cl.NC(c1ccc(Br)cc1)C(F)(F)F. The van der Waals surface area contributed by atoms with E-state index in [-0.39, 0.29) is 18.0 Å². The maximum atomic E-state index is 12.1. The summed E-state index contributed by atoms with van der Waals surface area (Å²) < 4.78 is 37.0. The zero-order valence-electron chi connectivity index (χ0n) is 6.88. The van der Waals surface area contributed by atoms with Gasteiger partial charge >= 0.3 is 6.18 Å². The maximum Gasteiger partial charge on any atom is 0.407 e. The Morgan fingerprint density at radius 1 is 1.14 bits per heavy atom. The standard InChI is InChI=1S/C8H7BrF3N.ClH/c9-6-3-1-5(2-4-6)7(13)8(10,11)12;/h1-4,7H,13H2;1H. The van der Waals surface area contributed by atoms with Crippen LogP contribution in [0.5, 0.6) is 0 Å². The topological polar surface area (TPSA) is 26.0 Å². The third kappa shape index (κ3) is 3.48. The van der Waals surface area contributed by atoms with Crippen molar-refractivity contribution in [1.82, 2.24) is 0 Å². The van der Waals surface area contributed by atoms with E-state index in [9.17, 15) is 13.2 Å². The molecule has 0 aliphatic carbocycles. The summed E-state index contributed by atoms with van der Waals surface area (Å²) in [6.45, 7) is 0. The maximum absolute atomic E-state index is 12.1. The van der Waals surface area contributed by atoms with Crippen molar-refractivity contribution in [1.29, 1.82) is 0 Å². The van der Waals surface area contributed by atoms with Crippen molar-refractivity contribution in [2.45, 2.75) is 12.2 Å². The molecule has 0 saturated heterocycles. The lowest BCUT2D eigenvalue weighted by atomic mass is 10.1. The van der Waals surface area contributed by atoms with E-state index in [4.69, 9.17) is 5.73 Å². The number of hydrogen-bond acceptors (Lipinski definition) is 1. The van der Waals surface area contributed by atoms with Gasteiger partial charge in [0.1, 0.15) is 6.04 Å². The first-order chi connectivity index (χ1) is 5.91. The van der Waals surface area contributed by atoms with Gasteiger partial charge in [0.25, 0.3) is 0 Å². The molecule has 0 heterocycles. The van der Waals surface area contributed by atoms with Gasteiger partial charge in [0, 0.05) is 4.47 Å². The predicted octanol–water partition coefficient (Wildman–Crippen LogP) is 3.43. The first kappa shape index (κ1) is 13.7. The van der Waals surface area contributed by atoms with Crippen LogP contribution in [0.15, 0.2) is 28.7 Å². The van der Waals surface area contributed by atoms with Crippen molar-refractivity contribution in [3.8, 4) is 0 Å². The third-order valence-electron chi connectivity index (χ3n) is 1.58. The van der Waals surface area contributed by atoms with E-state index in [1.807, 2.05) is 0 Å². The summed E-state index contributed by atoms with van der Waals surface area (Å²) in [5, 5.41) is 0. The normalized spacial score (nSPS) is 13.2. The molecule has 1 aromatic rings. The van der Waals surface area contributed by atoms with Gasteiger partial charge in [-0.25, -0.2) is 0 Å². The van der Waals surface area contributed by atoms with Gasteiger partial charge < -0.3 is 5.73 Å². The molecule has 80 valence electrons. The molecule has 0 saturated carbocycles. The summed E-state index contributed by atoms with van der Waals surface area (Å²) in [6.07, 6.45) is -4.38. The Kier molecular flexibility index (Phi) is 4.91. The van der Waals surface area contributed by atoms with Crippen LogP contribution in [-0.2, 0) is 0 Å². The molecule has 0 aromatic heterocycles. The van der Waals surface area contributed by atoms with Crippen molar-refractivity contribution >= 4 is 28.3 Å². The molecule has 0 bridgehead atoms. The zero-order chi connectivity index (χ0) is 10.1. The number of benzene rings is 1. The molecule has 1 unspecified atom stereocenters. The fourth-order valence-electron chi connectivity index (χ4n) is 0.859. The molecule has 0 aliphatic heterocycles. The monoisotopic (exact) mass is 289 g/mol. The number of nitrogens with two attached hydrogens (primary N) is 1. The van der Waals surface area contributed by atoms with Crippen LogP contribution in [-0.4, -0.2) is 6.18 Å². The minimum Gasteiger partial charge on any atom is -0.316 e. The van der Waals surface area contributed by atoms with Crippen LogP contribution < -0.4 is 5.73 Å². The Morgan fingerprint density at radius 3 is 1.93 bits per heavy atom. The molecule has 0 fully saturated rings. The van der Waals surface area contributed by atoms with E-state index in [2.05, 4.69) is 15.9 Å². The van der Waals surface area contributed by atoms with E-state index in [0.29, 0.717) is 0 Å². The first-order valence-corrected chi connectivity index (χ1v) is 4.28. The highest BCUT2D eigenvalue weighted by Crippen LogP contribution is 2.30. The van der Waals surface area contributed by atoms with Gasteiger partial charge in [-0.15, -0.1) is 12.4 Å². The third-order valence-corrected chi connectivity index (χ3v) is 2.11. The van der Waals surface area contributed by atoms with E-state index in [1.54, 1.807) is 0 Å². The van der Waals surface area contributed by atoms with E-state index in [1.165, 1.54) is 24.3 Å². The summed E-state index contributed by atoms with van der Waals surface area (Å²) in [4.78, 5) is 0. The van der Waals surface area contributed by atoms with E-state index >= 15 is 0 Å². The van der Waals surface area contributed by atoms with E-state index in [0.717, 1.165) is 4.47 Å². The second-order valence-electron chi connectivity index (χ2n) is 2.57. The molecule has 0 amide bonds. The average Bonchev–Trinajstić information content (AvgIpc) is 2.03. The Balaban J connectivity index is 0.00000169. The second kappa shape index (κ2) is 5.00. The first-order valence-electron chi connectivity index (χ1n) is 3.49. The minimum atomic E-state index is -4.38. The van der Waals surface area contributed by atoms with Gasteiger partial charge in [0.2, 0.25) is 0 Å².